The van der Waals surface area contributed by atoms with Crippen molar-refractivity contribution in [2.45, 2.75) is 6.54 Å². The van der Waals surface area contributed by atoms with Gasteiger partial charge in [-0.1, -0.05) is 23.7 Å². The Bertz CT molecular complexity index is 974. The second kappa shape index (κ2) is 6.18. The van der Waals surface area contributed by atoms with Crippen LogP contribution in [0.5, 0.6) is 0 Å². The van der Waals surface area contributed by atoms with Gasteiger partial charge in [0, 0.05) is 24.8 Å². The molecule has 0 fully saturated rings. The zero-order valence-electron chi connectivity index (χ0n) is 12.8. The molecule has 0 bridgehead atoms. The van der Waals surface area contributed by atoms with E-state index in [-0.39, 0.29) is 5.56 Å². The number of nitrogens with one attached hydrogen (secondary N) is 1. The molecule has 23 heavy (non-hydrogen) atoms. The van der Waals surface area contributed by atoms with Crippen molar-refractivity contribution in [1.82, 2.24) is 9.55 Å². The van der Waals surface area contributed by atoms with E-state index in [1.165, 1.54) is 0 Å². The lowest BCUT2D eigenvalue weighted by Crippen LogP contribution is -2.22. The van der Waals surface area contributed by atoms with Crippen LogP contribution < -0.4 is 10.5 Å². The van der Waals surface area contributed by atoms with E-state index in [1.54, 1.807) is 22.8 Å². The molecule has 1 aromatic heterocycles. The maximum atomic E-state index is 12.7. The molecule has 2 aromatic carbocycles. The largest absolute Gasteiger partial charge is 0.378 e. The van der Waals surface area contributed by atoms with Crippen LogP contribution in [0.25, 0.3) is 10.9 Å². The van der Waals surface area contributed by atoms with E-state index in [9.17, 15) is 4.79 Å². The summed E-state index contributed by atoms with van der Waals surface area (Å²) in [6.45, 7) is 0.421. The van der Waals surface area contributed by atoms with E-state index in [1.807, 2.05) is 43.3 Å². The number of fused-ring (bicyclic) bond motifs is 1. The normalized spacial score (nSPS) is 10.9. The van der Waals surface area contributed by atoms with Crippen molar-refractivity contribution in [3.63, 3.8) is 0 Å². The summed E-state index contributed by atoms with van der Waals surface area (Å²) in [7, 11) is 3.98. The van der Waals surface area contributed by atoms with Gasteiger partial charge < -0.3 is 9.88 Å². The number of rotatable bonds is 3. The van der Waals surface area contributed by atoms with E-state index in [0.29, 0.717) is 27.2 Å². The highest BCUT2D eigenvalue weighted by molar-refractivity contribution is 7.71. The van der Waals surface area contributed by atoms with Gasteiger partial charge in [-0.05, 0) is 48.1 Å². The van der Waals surface area contributed by atoms with Gasteiger partial charge in [-0.3, -0.25) is 9.36 Å². The summed E-state index contributed by atoms with van der Waals surface area (Å²) < 4.78 is 1.96. The maximum absolute atomic E-state index is 12.7. The van der Waals surface area contributed by atoms with Crippen LogP contribution in [0.1, 0.15) is 5.56 Å². The van der Waals surface area contributed by atoms with Crippen molar-refractivity contribution in [3.8, 4) is 0 Å². The Labute approximate surface area is 143 Å². The Kier molecular flexibility index (Phi) is 4.24. The second-order valence-electron chi connectivity index (χ2n) is 5.57. The smallest absolute Gasteiger partial charge is 0.262 e. The SMILES string of the molecule is CN(C)c1ccc(Cn2c(=S)[nH]c3ccc(Cl)cc3c2=O)cc1. The first-order valence-corrected chi connectivity index (χ1v) is 7.93. The van der Waals surface area contributed by atoms with Gasteiger partial charge >= 0.3 is 0 Å². The van der Waals surface area contributed by atoms with Crippen LogP contribution in [-0.2, 0) is 6.54 Å². The number of halogens is 1. The van der Waals surface area contributed by atoms with Gasteiger partial charge in [0.1, 0.15) is 0 Å². The average molecular weight is 346 g/mol. The first kappa shape index (κ1) is 15.8. The number of aromatic amines is 1. The van der Waals surface area contributed by atoms with Gasteiger partial charge in [-0.2, -0.15) is 0 Å². The van der Waals surface area contributed by atoms with Crippen molar-refractivity contribution in [2.75, 3.05) is 19.0 Å². The molecule has 0 radical (unpaired) electrons. The first-order chi connectivity index (χ1) is 11.0. The van der Waals surface area contributed by atoms with Crippen LogP contribution in [0.2, 0.25) is 5.02 Å². The Morgan fingerprint density at radius 3 is 2.52 bits per heavy atom. The summed E-state index contributed by atoms with van der Waals surface area (Å²) in [4.78, 5) is 17.8. The molecule has 0 aliphatic heterocycles. The summed E-state index contributed by atoms with van der Waals surface area (Å²) in [5, 5.41) is 1.07. The van der Waals surface area contributed by atoms with Gasteiger partial charge in [0.15, 0.2) is 4.77 Å². The van der Waals surface area contributed by atoms with Crippen molar-refractivity contribution < 1.29 is 0 Å². The molecular weight excluding hydrogens is 330 g/mol. The van der Waals surface area contributed by atoms with Crippen LogP contribution in [0.15, 0.2) is 47.3 Å². The highest BCUT2D eigenvalue weighted by Gasteiger charge is 2.07. The molecule has 0 spiro atoms. The summed E-state index contributed by atoms with van der Waals surface area (Å²) in [6.07, 6.45) is 0. The van der Waals surface area contributed by atoms with Gasteiger partial charge in [0.05, 0.1) is 17.4 Å². The minimum atomic E-state index is -0.136. The zero-order chi connectivity index (χ0) is 16.6. The third-order valence-corrected chi connectivity index (χ3v) is 4.29. The highest BCUT2D eigenvalue weighted by Crippen LogP contribution is 2.16. The van der Waals surface area contributed by atoms with Crippen molar-refractivity contribution in [2.24, 2.45) is 0 Å². The number of benzene rings is 2. The second-order valence-corrected chi connectivity index (χ2v) is 6.40. The Morgan fingerprint density at radius 1 is 1.17 bits per heavy atom. The van der Waals surface area contributed by atoms with Crippen LogP contribution in [0.4, 0.5) is 5.69 Å². The number of H-pyrrole nitrogens is 1. The standard InChI is InChI=1S/C17H16ClN3OS/c1-20(2)13-6-3-11(4-7-13)10-21-16(22)14-9-12(18)5-8-15(14)19-17(21)23/h3-9H,10H2,1-2H3,(H,19,23). The first-order valence-electron chi connectivity index (χ1n) is 7.14. The molecule has 0 saturated carbocycles. The number of aromatic nitrogens is 2. The van der Waals surface area contributed by atoms with Gasteiger partial charge in [0.25, 0.3) is 5.56 Å². The van der Waals surface area contributed by atoms with E-state index in [4.69, 9.17) is 23.8 Å². The predicted octanol–water partition coefficient (Wildman–Crippen LogP) is 3.83. The number of nitrogens with zero attached hydrogens (tertiary/aromatic N) is 2. The van der Waals surface area contributed by atoms with E-state index in [0.717, 1.165) is 11.3 Å². The molecule has 0 atom stereocenters. The summed E-state index contributed by atoms with van der Waals surface area (Å²) in [5.74, 6) is 0. The lowest BCUT2D eigenvalue weighted by molar-refractivity contribution is 0.734. The molecule has 0 aliphatic rings. The van der Waals surface area contributed by atoms with Gasteiger partial charge in [0.2, 0.25) is 0 Å². The van der Waals surface area contributed by atoms with Crippen LogP contribution in [-0.4, -0.2) is 23.6 Å². The van der Waals surface area contributed by atoms with Crippen molar-refractivity contribution >= 4 is 40.4 Å². The summed E-state index contributed by atoms with van der Waals surface area (Å²) >= 11 is 11.3. The summed E-state index contributed by atoms with van der Waals surface area (Å²) in [6, 6.07) is 13.2. The average Bonchev–Trinajstić information content (AvgIpc) is 2.53. The molecule has 1 N–H and O–H groups in total. The minimum absolute atomic E-state index is 0.136. The van der Waals surface area contributed by atoms with Crippen LogP contribution in [0.3, 0.4) is 0 Å². The summed E-state index contributed by atoms with van der Waals surface area (Å²) in [5.41, 5.74) is 2.68. The van der Waals surface area contributed by atoms with Crippen LogP contribution >= 0.6 is 23.8 Å². The maximum Gasteiger partial charge on any atom is 0.262 e. The molecule has 0 aliphatic carbocycles. The molecule has 3 aromatic rings. The molecule has 0 unspecified atom stereocenters. The predicted molar refractivity (Wildman–Crippen MR) is 98.3 cm³/mol. The highest BCUT2D eigenvalue weighted by atomic mass is 35.5. The van der Waals surface area contributed by atoms with Gasteiger partial charge in [-0.25, -0.2) is 0 Å². The van der Waals surface area contributed by atoms with Gasteiger partial charge in [-0.15, -0.1) is 0 Å². The zero-order valence-corrected chi connectivity index (χ0v) is 14.4. The minimum Gasteiger partial charge on any atom is -0.378 e. The number of anilines is 1. The van der Waals surface area contributed by atoms with E-state index in [2.05, 4.69) is 4.98 Å². The number of hydrogen-bond donors (Lipinski definition) is 1. The Hall–Kier alpha value is -2.11. The van der Waals surface area contributed by atoms with Crippen LogP contribution in [0, 0.1) is 4.77 Å². The lowest BCUT2D eigenvalue weighted by Gasteiger charge is -2.13. The number of hydrogen-bond acceptors (Lipinski definition) is 3. The van der Waals surface area contributed by atoms with E-state index >= 15 is 0 Å². The Balaban J connectivity index is 2.06. The molecule has 3 rings (SSSR count). The fourth-order valence-corrected chi connectivity index (χ4v) is 2.88. The van der Waals surface area contributed by atoms with E-state index < -0.39 is 0 Å². The molecule has 6 heteroatoms. The quantitative estimate of drug-likeness (QED) is 0.733. The third kappa shape index (κ3) is 3.16. The molecule has 0 amide bonds. The monoisotopic (exact) mass is 345 g/mol. The lowest BCUT2D eigenvalue weighted by atomic mass is 10.2. The topological polar surface area (TPSA) is 41.0 Å². The fraction of sp³-hybridized carbons (Fsp3) is 0.176. The molecule has 1 heterocycles. The molecule has 0 saturated heterocycles. The third-order valence-electron chi connectivity index (χ3n) is 3.74. The van der Waals surface area contributed by atoms with Crippen molar-refractivity contribution in [1.29, 1.82) is 0 Å². The Morgan fingerprint density at radius 2 is 1.87 bits per heavy atom. The molecular formula is C17H16ClN3OS. The molecule has 4 nitrogen and oxygen atoms in total. The van der Waals surface area contributed by atoms with Crippen molar-refractivity contribution in [3.05, 3.63) is 68.2 Å². The molecule has 118 valence electrons. The fourth-order valence-electron chi connectivity index (χ4n) is 2.45.